The van der Waals surface area contributed by atoms with E-state index in [1.54, 1.807) is 25.3 Å². The van der Waals surface area contributed by atoms with Crippen LogP contribution in [0.2, 0.25) is 5.02 Å². The molecule has 6 heteroatoms. The molecular formula is C15H11ClN2O3. The maximum absolute atomic E-state index is 10.9. The summed E-state index contributed by atoms with van der Waals surface area (Å²) in [4.78, 5) is 18.4. The fraction of sp³-hybridized carbons (Fsp3) is 0.0667. The van der Waals surface area contributed by atoms with Crippen LogP contribution in [-0.4, -0.2) is 28.2 Å². The molecule has 0 aliphatic carbocycles. The summed E-state index contributed by atoms with van der Waals surface area (Å²) in [5.41, 5.74) is 2.42. The number of fused-ring (bicyclic) bond motifs is 1. The normalized spacial score (nSPS) is 10.8. The number of H-pyrrole nitrogens is 1. The van der Waals surface area contributed by atoms with E-state index >= 15 is 0 Å². The van der Waals surface area contributed by atoms with Crippen LogP contribution in [0, 0.1) is 0 Å². The lowest BCUT2D eigenvalue weighted by atomic mass is 10.1. The van der Waals surface area contributed by atoms with Crippen LogP contribution in [0.15, 0.2) is 36.4 Å². The number of benzene rings is 2. The molecule has 0 amide bonds. The number of nitrogens with one attached hydrogen (secondary N) is 1. The monoisotopic (exact) mass is 302 g/mol. The van der Waals surface area contributed by atoms with Crippen molar-refractivity contribution in [2.45, 2.75) is 0 Å². The molecule has 2 aromatic carbocycles. The molecule has 0 radical (unpaired) electrons. The molecule has 21 heavy (non-hydrogen) atoms. The van der Waals surface area contributed by atoms with E-state index in [4.69, 9.17) is 21.4 Å². The topological polar surface area (TPSA) is 75.2 Å². The van der Waals surface area contributed by atoms with Gasteiger partial charge < -0.3 is 14.8 Å². The second kappa shape index (κ2) is 5.10. The van der Waals surface area contributed by atoms with Crippen molar-refractivity contribution in [2.75, 3.05) is 7.11 Å². The maximum Gasteiger partial charge on any atom is 0.335 e. The van der Waals surface area contributed by atoms with Crippen molar-refractivity contribution in [3.8, 4) is 17.1 Å². The van der Waals surface area contributed by atoms with Crippen LogP contribution in [0.3, 0.4) is 0 Å². The molecule has 0 fully saturated rings. The number of imidazole rings is 1. The Labute approximate surface area is 125 Å². The third-order valence-corrected chi connectivity index (χ3v) is 3.44. The number of nitrogens with zero attached hydrogens (tertiary/aromatic N) is 1. The van der Waals surface area contributed by atoms with Gasteiger partial charge in [-0.3, -0.25) is 0 Å². The van der Waals surface area contributed by atoms with Crippen molar-refractivity contribution in [3.05, 3.63) is 47.0 Å². The zero-order valence-electron chi connectivity index (χ0n) is 11.1. The molecule has 0 aliphatic heterocycles. The summed E-state index contributed by atoms with van der Waals surface area (Å²) < 4.78 is 5.16. The molecule has 3 aromatic rings. The minimum atomic E-state index is -0.959. The number of aromatic carboxylic acids is 1. The highest BCUT2D eigenvalue weighted by molar-refractivity contribution is 6.35. The van der Waals surface area contributed by atoms with Crippen molar-refractivity contribution in [2.24, 2.45) is 0 Å². The van der Waals surface area contributed by atoms with Gasteiger partial charge in [0.05, 0.1) is 23.2 Å². The van der Waals surface area contributed by atoms with Crippen molar-refractivity contribution in [1.82, 2.24) is 9.97 Å². The summed E-state index contributed by atoms with van der Waals surface area (Å²) in [6, 6.07) is 9.98. The average molecular weight is 303 g/mol. The lowest BCUT2D eigenvalue weighted by Gasteiger charge is -1.99. The average Bonchev–Trinajstić information content (AvgIpc) is 2.91. The van der Waals surface area contributed by atoms with E-state index in [0.717, 1.165) is 11.1 Å². The van der Waals surface area contributed by atoms with E-state index in [-0.39, 0.29) is 5.56 Å². The van der Waals surface area contributed by atoms with Gasteiger partial charge in [-0.25, -0.2) is 9.78 Å². The summed E-state index contributed by atoms with van der Waals surface area (Å²) in [5, 5.41) is 9.39. The van der Waals surface area contributed by atoms with Crippen LogP contribution < -0.4 is 4.74 Å². The third kappa shape index (κ3) is 2.43. The van der Waals surface area contributed by atoms with E-state index in [2.05, 4.69) is 9.97 Å². The first-order chi connectivity index (χ1) is 10.1. The van der Waals surface area contributed by atoms with Gasteiger partial charge in [-0.05, 0) is 12.1 Å². The van der Waals surface area contributed by atoms with Gasteiger partial charge in [0.15, 0.2) is 0 Å². The van der Waals surface area contributed by atoms with Gasteiger partial charge in [-0.1, -0.05) is 23.7 Å². The number of carbonyl (C=O) groups is 1. The quantitative estimate of drug-likeness (QED) is 0.775. The number of carboxylic acid groups (broad SMARTS) is 1. The van der Waals surface area contributed by atoms with E-state index in [1.165, 1.54) is 12.1 Å². The Morgan fingerprint density at radius 3 is 2.62 bits per heavy atom. The number of rotatable bonds is 3. The van der Waals surface area contributed by atoms with Gasteiger partial charge in [0.1, 0.15) is 17.1 Å². The lowest BCUT2D eigenvalue weighted by Crippen LogP contribution is -1.95. The molecular weight excluding hydrogens is 292 g/mol. The van der Waals surface area contributed by atoms with Gasteiger partial charge in [-0.15, -0.1) is 0 Å². The summed E-state index contributed by atoms with van der Waals surface area (Å²) >= 11 is 6.17. The molecule has 0 aliphatic rings. The molecule has 0 spiro atoms. The number of methoxy groups -OCH3 is 1. The van der Waals surface area contributed by atoms with Gasteiger partial charge in [0.2, 0.25) is 0 Å². The van der Waals surface area contributed by atoms with Crippen LogP contribution in [0.25, 0.3) is 22.4 Å². The Morgan fingerprint density at radius 2 is 2.00 bits per heavy atom. The van der Waals surface area contributed by atoms with Gasteiger partial charge in [0, 0.05) is 17.7 Å². The Balaban J connectivity index is 2.08. The minimum Gasteiger partial charge on any atom is -0.497 e. The highest BCUT2D eigenvalue weighted by Crippen LogP contribution is 2.30. The van der Waals surface area contributed by atoms with Gasteiger partial charge in [-0.2, -0.15) is 0 Å². The fourth-order valence-electron chi connectivity index (χ4n) is 2.08. The highest BCUT2D eigenvalue weighted by atomic mass is 35.5. The standard InChI is InChI=1S/C15H11ClN2O3/c1-21-10-6-11(16)13-12(7-10)17-14(18-13)8-2-4-9(5-3-8)15(19)20/h2-7H,1H3,(H,17,18)(H,19,20). The largest absolute Gasteiger partial charge is 0.497 e. The molecule has 0 saturated carbocycles. The SMILES string of the molecule is COc1cc(Cl)c2nc(-c3ccc(C(=O)O)cc3)[nH]c2c1. The summed E-state index contributed by atoms with van der Waals surface area (Å²) in [7, 11) is 1.57. The molecule has 1 aromatic heterocycles. The summed E-state index contributed by atoms with van der Waals surface area (Å²) in [5.74, 6) is 0.306. The second-order valence-electron chi connectivity index (χ2n) is 4.47. The smallest absolute Gasteiger partial charge is 0.335 e. The van der Waals surface area contributed by atoms with E-state index in [1.807, 2.05) is 6.07 Å². The first-order valence-corrected chi connectivity index (χ1v) is 6.53. The Kier molecular flexibility index (Phi) is 3.27. The second-order valence-corrected chi connectivity index (χ2v) is 4.88. The zero-order valence-corrected chi connectivity index (χ0v) is 11.8. The molecule has 106 valence electrons. The van der Waals surface area contributed by atoms with Crippen molar-refractivity contribution < 1.29 is 14.6 Å². The predicted molar refractivity (Wildman–Crippen MR) is 80.1 cm³/mol. The van der Waals surface area contributed by atoms with Crippen LogP contribution in [-0.2, 0) is 0 Å². The molecule has 0 bridgehead atoms. The Morgan fingerprint density at radius 1 is 1.29 bits per heavy atom. The van der Waals surface area contributed by atoms with Gasteiger partial charge in [0.25, 0.3) is 0 Å². The number of carboxylic acids is 1. The van der Waals surface area contributed by atoms with Gasteiger partial charge >= 0.3 is 5.97 Å². The fourth-order valence-corrected chi connectivity index (χ4v) is 2.33. The molecule has 1 heterocycles. The Hall–Kier alpha value is -2.53. The summed E-state index contributed by atoms with van der Waals surface area (Å²) in [6.45, 7) is 0. The number of aromatic nitrogens is 2. The number of aromatic amines is 1. The number of ether oxygens (including phenoxy) is 1. The molecule has 3 rings (SSSR count). The molecule has 0 saturated heterocycles. The summed E-state index contributed by atoms with van der Waals surface area (Å²) in [6.07, 6.45) is 0. The predicted octanol–water partition coefficient (Wildman–Crippen LogP) is 3.59. The van der Waals surface area contributed by atoms with E-state index in [9.17, 15) is 4.79 Å². The third-order valence-electron chi connectivity index (χ3n) is 3.15. The van der Waals surface area contributed by atoms with E-state index < -0.39 is 5.97 Å². The van der Waals surface area contributed by atoms with E-state index in [0.29, 0.717) is 22.1 Å². The first kappa shape index (κ1) is 13.5. The molecule has 2 N–H and O–H groups in total. The Bertz CT molecular complexity index is 825. The van der Waals surface area contributed by atoms with Crippen LogP contribution >= 0.6 is 11.6 Å². The molecule has 5 nitrogen and oxygen atoms in total. The first-order valence-electron chi connectivity index (χ1n) is 6.15. The van der Waals surface area contributed by atoms with Crippen molar-refractivity contribution in [1.29, 1.82) is 0 Å². The number of halogens is 1. The maximum atomic E-state index is 10.9. The molecule has 0 atom stereocenters. The number of hydrogen-bond donors (Lipinski definition) is 2. The highest BCUT2D eigenvalue weighted by Gasteiger charge is 2.11. The van der Waals surface area contributed by atoms with Crippen LogP contribution in [0.1, 0.15) is 10.4 Å². The lowest BCUT2D eigenvalue weighted by molar-refractivity contribution is 0.0697. The number of hydrogen-bond acceptors (Lipinski definition) is 3. The van der Waals surface area contributed by atoms with Crippen molar-refractivity contribution >= 4 is 28.6 Å². The zero-order chi connectivity index (χ0) is 15.0. The van der Waals surface area contributed by atoms with Crippen molar-refractivity contribution in [3.63, 3.8) is 0 Å². The molecule has 0 unspecified atom stereocenters. The van der Waals surface area contributed by atoms with Crippen LogP contribution in [0.5, 0.6) is 5.75 Å². The minimum absolute atomic E-state index is 0.231. The van der Waals surface area contributed by atoms with Crippen LogP contribution in [0.4, 0.5) is 0 Å².